The lowest BCUT2D eigenvalue weighted by Crippen LogP contribution is -1.97. The minimum absolute atomic E-state index is 0.628. The molecule has 2 aromatic heterocycles. The summed E-state index contributed by atoms with van der Waals surface area (Å²) in [5.41, 5.74) is 6.75. The van der Waals surface area contributed by atoms with E-state index in [4.69, 9.17) is 9.15 Å². The van der Waals surface area contributed by atoms with Crippen molar-refractivity contribution in [1.29, 1.82) is 0 Å². The van der Waals surface area contributed by atoms with Gasteiger partial charge in [0.05, 0.1) is 24.7 Å². The fourth-order valence-corrected chi connectivity index (χ4v) is 3.25. The molecular formula is C24H25N3O2. The van der Waals surface area contributed by atoms with Gasteiger partial charge in [-0.1, -0.05) is 18.2 Å². The quantitative estimate of drug-likeness (QED) is 0.433. The highest BCUT2D eigenvalue weighted by Crippen LogP contribution is 2.24. The van der Waals surface area contributed by atoms with Crippen molar-refractivity contribution in [1.82, 2.24) is 14.8 Å². The molecule has 4 aromatic rings. The van der Waals surface area contributed by atoms with Crippen LogP contribution in [0.5, 0.6) is 0 Å². The highest BCUT2D eigenvalue weighted by atomic mass is 16.5. The normalized spacial score (nSPS) is 11.1. The molecule has 0 aliphatic heterocycles. The van der Waals surface area contributed by atoms with Crippen LogP contribution < -0.4 is 0 Å². The van der Waals surface area contributed by atoms with Crippen LogP contribution in [0.3, 0.4) is 0 Å². The molecule has 0 unspecified atom stereocenters. The van der Waals surface area contributed by atoms with Crippen LogP contribution in [-0.4, -0.2) is 21.4 Å². The van der Waals surface area contributed by atoms with Gasteiger partial charge in [0.1, 0.15) is 0 Å². The van der Waals surface area contributed by atoms with Gasteiger partial charge < -0.3 is 9.15 Å². The van der Waals surface area contributed by atoms with E-state index in [2.05, 4.69) is 35.2 Å². The summed E-state index contributed by atoms with van der Waals surface area (Å²) in [6.07, 6.45) is 6.31. The van der Waals surface area contributed by atoms with Gasteiger partial charge in [0.15, 0.2) is 11.7 Å². The number of hydrogen-bond acceptors (Lipinski definition) is 4. The Morgan fingerprint density at radius 2 is 1.86 bits per heavy atom. The Kier molecular flexibility index (Phi) is 5.58. The second-order valence-electron chi connectivity index (χ2n) is 7.20. The zero-order valence-corrected chi connectivity index (χ0v) is 17.1. The summed E-state index contributed by atoms with van der Waals surface area (Å²) in [6.45, 7) is 7.49. The van der Waals surface area contributed by atoms with Crippen molar-refractivity contribution in [2.45, 2.75) is 33.8 Å². The molecule has 5 nitrogen and oxygen atoms in total. The summed E-state index contributed by atoms with van der Waals surface area (Å²) >= 11 is 0. The van der Waals surface area contributed by atoms with Crippen molar-refractivity contribution in [3.63, 3.8) is 0 Å². The van der Waals surface area contributed by atoms with Crippen molar-refractivity contribution in [2.75, 3.05) is 6.61 Å². The smallest absolute Gasteiger partial charge is 0.199 e. The van der Waals surface area contributed by atoms with Crippen molar-refractivity contribution in [3.05, 3.63) is 89.2 Å². The number of hydrogen-bond donors (Lipinski definition) is 0. The van der Waals surface area contributed by atoms with Gasteiger partial charge in [-0.25, -0.2) is 9.67 Å². The van der Waals surface area contributed by atoms with Gasteiger partial charge in [0.2, 0.25) is 0 Å². The molecule has 0 amide bonds. The Bertz CT molecular complexity index is 1090. The van der Waals surface area contributed by atoms with Crippen molar-refractivity contribution < 1.29 is 9.15 Å². The summed E-state index contributed by atoms with van der Waals surface area (Å²) in [7, 11) is 0. The fraction of sp³-hybridized carbons (Fsp3) is 0.250. The molecule has 148 valence electrons. The van der Waals surface area contributed by atoms with E-state index in [9.17, 15) is 0 Å². The number of aryl methyl sites for hydroxylation is 2. The topological polar surface area (TPSA) is 53.1 Å². The van der Waals surface area contributed by atoms with E-state index in [1.54, 1.807) is 6.20 Å². The molecule has 0 atom stereocenters. The molecule has 2 heterocycles. The minimum atomic E-state index is 0.628. The van der Waals surface area contributed by atoms with E-state index in [0.29, 0.717) is 25.5 Å². The van der Waals surface area contributed by atoms with Crippen molar-refractivity contribution >= 4 is 0 Å². The maximum atomic E-state index is 6.03. The zero-order valence-electron chi connectivity index (χ0n) is 17.1. The number of benzene rings is 2. The summed E-state index contributed by atoms with van der Waals surface area (Å²) in [5, 5.41) is 4.35. The summed E-state index contributed by atoms with van der Waals surface area (Å²) in [6, 6.07) is 14.5. The summed E-state index contributed by atoms with van der Waals surface area (Å²) < 4.78 is 13.4. The predicted octanol–water partition coefficient (Wildman–Crippen LogP) is 5.27. The third-order valence-electron chi connectivity index (χ3n) is 4.91. The highest BCUT2D eigenvalue weighted by molar-refractivity contribution is 5.58. The maximum Gasteiger partial charge on any atom is 0.199 e. The Labute approximate surface area is 171 Å². The molecule has 2 aromatic carbocycles. The van der Waals surface area contributed by atoms with Crippen LogP contribution in [0.1, 0.15) is 35.1 Å². The molecule has 5 heteroatoms. The van der Waals surface area contributed by atoms with Crippen molar-refractivity contribution in [3.8, 4) is 17.0 Å². The molecular weight excluding hydrogens is 362 g/mol. The van der Waals surface area contributed by atoms with Crippen LogP contribution in [-0.2, 0) is 17.8 Å². The molecule has 0 aliphatic rings. The average molecular weight is 387 g/mol. The second kappa shape index (κ2) is 8.45. The molecule has 0 aliphatic carbocycles. The van der Waals surface area contributed by atoms with Crippen LogP contribution in [0.15, 0.2) is 65.5 Å². The zero-order chi connectivity index (χ0) is 20.2. The molecule has 4 rings (SSSR count). The number of aromatic nitrogens is 3. The summed E-state index contributed by atoms with van der Waals surface area (Å²) in [5.74, 6) is 1.48. The van der Waals surface area contributed by atoms with Gasteiger partial charge in [0, 0.05) is 24.8 Å². The standard InChI is InChI=1S/C24H25N3O2/c1-4-28-16-19-6-5-18(3)21(11-19)12-24-25-14-23(29-24)20-7-9-22(10-8-20)27-15-17(2)13-26-27/h5-11,13-15H,4,12,16H2,1-3H3. The first kappa shape index (κ1) is 19.2. The van der Waals surface area contributed by atoms with Crippen LogP contribution in [0.2, 0.25) is 0 Å². The lowest BCUT2D eigenvalue weighted by atomic mass is 10.0. The minimum Gasteiger partial charge on any atom is -0.440 e. The largest absolute Gasteiger partial charge is 0.440 e. The van der Waals surface area contributed by atoms with Gasteiger partial charge in [-0.2, -0.15) is 5.10 Å². The van der Waals surface area contributed by atoms with Gasteiger partial charge in [-0.3, -0.25) is 0 Å². The number of rotatable bonds is 7. The van der Waals surface area contributed by atoms with E-state index in [1.807, 2.05) is 55.2 Å². The van der Waals surface area contributed by atoms with E-state index in [-0.39, 0.29) is 0 Å². The number of oxazole rings is 1. The van der Waals surface area contributed by atoms with E-state index < -0.39 is 0 Å². The fourth-order valence-electron chi connectivity index (χ4n) is 3.25. The Morgan fingerprint density at radius 1 is 1.03 bits per heavy atom. The molecule has 0 bridgehead atoms. The van der Waals surface area contributed by atoms with Crippen LogP contribution in [0.25, 0.3) is 17.0 Å². The number of ether oxygens (including phenoxy) is 1. The second-order valence-corrected chi connectivity index (χ2v) is 7.20. The van der Waals surface area contributed by atoms with E-state index >= 15 is 0 Å². The summed E-state index contributed by atoms with van der Waals surface area (Å²) in [4.78, 5) is 4.49. The van der Waals surface area contributed by atoms with Gasteiger partial charge in [0.25, 0.3) is 0 Å². The highest BCUT2D eigenvalue weighted by Gasteiger charge is 2.10. The molecule has 0 saturated heterocycles. The molecule has 0 fully saturated rings. The SMILES string of the molecule is CCOCc1ccc(C)c(Cc2ncc(-c3ccc(-n4cc(C)cn4)cc3)o2)c1. The molecule has 0 spiro atoms. The van der Waals surface area contributed by atoms with Crippen LogP contribution in [0, 0.1) is 13.8 Å². The first-order valence-electron chi connectivity index (χ1n) is 9.85. The monoisotopic (exact) mass is 387 g/mol. The van der Waals surface area contributed by atoms with E-state index in [1.165, 1.54) is 16.7 Å². The van der Waals surface area contributed by atoms with Crippen molar-refractivity contribution in [2.24, 2.45) is 0 Å². The molecule has 0 N–H and O–H groups in total. The van der Waals surface area contributed by atoms with Gasteiger partial charge >= 0.3 is 0 Å². The number of nitrogens with zero attached hydrogens (tertiary/aromatic N) is 3. The third kappa shape index (κ3) is 4.46. The van der Waals surface area contributed by atoms with Gasteiger partial charge in [-0.15, -0.1) is 0 Å². The Morgan fingerprint density at radius 3 is 2.59 bits per heavy atom. The molecule has 0 radical (unpaired) electrons. The van der Waals surface area contributed by atoms with Crippen LogP contribution >= 0.6 is 0 Å². The first-order chi connectivity index (χ1) is 14.1. The lowest BCUT2D eigenvalue weighted by molar-refractivity contribution is 0.134. The average Bonchev–Trinajstić information content (AvgIpc) is 3.38. The predicted molar refractivity (Wildman–Crippen MR) is 113 cm³/mol. The van der Waals surface area contributed by atoms with Crippen LogP contribution in [0.4, 0.5) is 0 Å². The first-order valence-corrected chi connectivity index (χ1v) is 9.85. The van der Waals surface area contributed by atoms with E-state index in [0.717, 1.165) is 22.6 Å². The maximum absolute atomic E-state index is 6.03. The molecule has 29 heavy (non-hydrogen) atoms. The lowest BCUT2D eigenvalue weighted by Gasteiger charge is -2.08. The Balaban J connectivity index is 1.50. The molecule has 0 saturated carbocycles. The third-order valence-corrected chi connectivity index (χ3v) is 4.91. The Hall–Kier alpha value is -3.18. The van der Waals surface area contributed by atoms with Gasteiger partial charge in [-0.05, 0) is 67.3 Å².